The maximum atomic E-state index is 10.1. The van der Waals surface area contributed by atoms with E-state index >= 15 is 0 Å². The molecule has 0 aromatic carbocycles. The van der Waals surface area contributed by atoms with E-state index in [1.807, 2.05) is 0 Å². The molecule has 2 aliphatic rings. The van der Waals surface area contributed by atoms with E-state index < -0.39 is 35.8 Å². The molecule has 2 aliphatic heterocycles. The van der Waals surface area contributed by atoms with E-state index in [0.717, 1.165) is 0 Å². The van der Waals surface area contributed by atoms with Gasteiger partial charge in [0, 0.05) is 10.6 Å². The number of rotatable bonds is 2. The number of hydrogen-bond acceptors (Lipinski definition) is 6. The number of azide groups is 1. The number of ether oxygens (including phenoxy) is 2. The van der Waals surface area contributed by atoms with Crippen molar-refractivity contribution >= 4 is 0 Å². The van der Waals surface area contributed by atoms with Crippen molar-refractivity contribution in [3.63, 3.8) is 0 Å². The summed E-state index contributed by atoms with van der Waals surface area (Å²) < 4.78 is 11.1. The monoisotopic (exact) mass is 285 g/mol. The molecule has 2 saturated heterocycles. The minimum atomic E-state index is -1.46. The number of hydrogen-bond donors (Lipinski definition) is 3. The van der Waals surface area contributed by atoms with Crippen molar-refractivity contribution in [2.75, 3.05) is 0 Å². The molecular formula is C12H19N3O5. The molecule has 2 heterocycles. The Labute approximate surface area is 116 Å². The van der Waals surface area contributed by atoms with Crippen molar-refractivity contribution < 1.29 is 24.8 Å². The zero-order valence-electron chi connectivity index (χ0n) is 11.8. The Morgan fingerprint density at radius 2 is 1.75 bits per heavy atom. The molecule has 0 aromatic rings. The zero-order valence-corrected chi connectivity index (χ0v) is 11.8. The summed E-state index contributed by atoms with van der Waals surface area (Å²) in [6.45, 7) is 6.80. The van der Waals surface area contributed by atoms with Crippen molar-refractivity contribution in [3.05, 3.63) is 21.7 Å². The average Bonchev–Trinajstić information content (AvgIpc) is 2.91. The molecule has 1 unspecified atom stereocenters. The van der Waals surface area contributed by atoms with Crippen LogP contribution in [0.4, 0.5) is 0 Å². The first-order chi connectivity index (χ1) is 9.18. The summed E-state index contributed by atoms with van der Waals surface area (Å²) in [6, 6.07) is 0. The molecule has 0 aromatic heterocycles. The first-order valence-electron chi connectivity index (χ1n) is 6.32. The van der Waals surface area contributed by atoms with Crippen LogP contribution in [0.25, 0.3) is 10.4 Å². The van der Waals surface area contributed by atoms with Gasteiger partial charge in [0.15, 0.2) is 0 Å². The van der Waals surface area contributed by atoms with Gasteiger partial charge in [-0.05, 0) is 33.2 Å². The number of aliphatic hydroxyl groups is 3. The highest BCUT2D eigenvalue weighted by Crippen LogP contribution is 2.55. The minimum Gasteiger partial charge on any atom is -0.387 e. The average molecular weight is 285 g/mol. The number of aliphatic hydroxyl groups excluding tert-OH is 3. The molecule has 2 fully saturated rings. The van der Waals surface area contributed by atoms with Crippen LogP contribution in [0.5, 0.6) is 0 Å². The molecule has 8 nitrogen and oxygen atoms in total. The maximum absolute atomic E-state index is 10.1. The lowest BCUT2D eigenvalue weighted by Gasteiger charge is -2.40. The van der Waals surface area contributed by atoms with Gasteiger partial charge in [0.1, 0.15) is 30.0 Å². The van der Waals surface area contributed by atoms with Gasteiger partial charge in [-0.25, -0.2) is 0 Å². The Bertz CT molecular complexity index is 495. The Hall–Kier alpha value is -1.15. The topological polar surface area (TPSA) is 131 Å². The minimum absolute atomic E-state index is 0.177. The molecule has 3 N–H and O–H groups in total. The Kier molecular flexibility index (Phi) is 3.58. The highest BCUT2D eigenvalue weighted by Gasteiger charge is 2.75. The predicted molar refractivity (Wildman–Crippen MR) is 68.3 cm³/mol. The third kappa shape index (κ3) is 2.01. The van der Waals surface area contributed by atoms with Crippen LogP contribution in [-0.4, -0.2) is 51.1 Å². The summed E-state index contributed by atoms with van der Waals surface area (Å²) in [5.74, 6) is -1.40. The highest BCUT2D eigenvalue weighted by molar-refractivity contribution is 5.23. The lowest BCUT2D eigenvalue weighted by Crippen LogP contribution is -2.61. The van der Waals surface area contributed by atoms with E-state index in [2.05, 4.69) is 10.0 Å². The van der Waals surface area contributed by atoms with Gasteiger partial charge in [-0.2, -0.15) is 0 Å². The van der Waals surface area contributed by atoms with Crippen LogP contribution in [0.1, 0.15) is 27.7 Å². The summed E-state index contributed by atoms with van der Waals surface area (Å²) in [7, 11) is 0. The van der Waals surface area contributed by atoms with Crippen LogP contribution in [0.3, 0.4) is 0 Å². The normalized spacial score (nSPS) is 42.0. The van der Waals surface area contributed by atoms with Crippen molar-refractivity contribution in [2.45, 2.75) is 63.5 Å². The Morgan fingerprint density at radius 3 is 2.15 bits per heavy atom. The predicted octanol–water partition coefficient (Wildman–Crippen LogP) is 0.577. The Morgan fingerprint density at radius 1 is 1.20 bits per heavy atom. The number of nitrogens with zero attached hydrogens (tertiary/aromatic N) is 3. The van der Waals surface area contributed by atoms with Crippen molar-refractivity contribution in [1.29, 1.82) is 0 Å². The molecule has 1 spiro atoms. The third-order valence-corrected chi connectivity index (χ3v) is 3.81. The number of allylic oxidation sites excluding steroid dienone is 1. The standard InChI is InChI=1S/C12H19N3O5/c1-5(2)6(14-15-13)9-7(16)8(17)10(18)12(19-9)11(3,4)20-12/h7-10,16-18H,1-4H3/t7-,8+,9-,10-,12?/m1/s1. The maximum Gasteiger partial charge on any atom is 0.228 e. The fourth-order valence-corrected chi connectivity index (χ4v) is 2.56. The summed E-state index contributed by atoms with van der Waals surface area (Å²) in [4.78, 5) is 2.71. The van der Waals surface area contributed by atoms with Crippen LogP contribution < -0.4 is 0 Å². The second kappa shape index (κ2) is 4.70. The van der Waals surface area contributed by atoms with Crippen LogP contribution in [0, 0.1) is 0 Å². The van der Waals surface area contributed by atoms with Crippen LogP contribution in [-0.2, 0) is 9.47 Å². The summed E-state index contributed by atoms with van der Waals surface area (Å²) >= 11 is 0. The Balaban J connectivity index is 2.40. The summed E-state index contributed by atoms with van der Waals surface area (Å²) in [5.41, 5.74) is 8.64. The SMILES string of the molecule is CC(C)=C(N=[N+]=[N-])[C@H]1OC2(OC2(C)C)[C@H](O)[C@@H](O)[C@H]1O. The van der Waals surface area contributed by atoms with Crippen LogP contribution >= 0.6 is 0 Å². The molecule has 5 atom stereocenters. The van der Waals surface area contributed by atoms with E-state index in [-0.39, 0.29) is 5.70 Å². The quantitative estimate of drug-likeness (QED) is 0.295. The molecular weight excluding hydrogens is 266 g/mol. The van der Waals surface area contributed by atoms with Crippen LogP contribution in [0.15, 0.2) is 16.4 Å². The third-order valence-electron chi connectivity index (χ3n) is 3.81. The largest absolute Gasteiger partial charge is 0.387 e. The van der Waals surface area contributed by atoms with Crippen LogP contribution in [0.2, 0.25) is 0 Å². The van der Waals surface area contributed by atoms with Gasteiger partial charge in [-0.3, -0.25) is 0 Å². The zero-order chi connectivity index (χ0) is 15.3. The first-order valence-corrected chi connectivity index (χ1v) is 6.32. The van der Waals surface area contributed by atoms with Gasteiger partial charge in [-0.1, -0.05) is 10.7 Å². The van der Waals surface area contributed by atoms with Crippen molar-refractivity contribution in [2.24, 2.45) is 5.11 Å². The molecule has 112 valence electrons. The highest BCUT2D eigenvalue weighted by atomic mass is 16.8. The van der Waals surface area contributed by atoms with Gasteiger partial charge < -0.3 is 24.8 Å². The van der Waals surface area contributed by atoms with Crippen molar-refractivity contribution in [3.8, 4) is 0 Å². The summed E-state index contributed by atoms with van der Waals surface area (Å²) in [5, 5.41) is 33.7. The smallest absolute Gasteiger partial charge is 0.228 e. The second-order valence-electron chi connectivity index (χ2n) is 5.82. The van der Waals surface area contributed by atoms with Gasteiger partial charge in [-0.15, -0.1) is 0 Å². The molecule has 0 aliphatic carbocycles. The lowest BCUT2D eigenvalue weighted by atomic mass is 9.88. The molecule has 0 bridgehead atoms. The fourth-order valence-electron chi connectivity index (χ4n) is 2.56. The fraction of sp³-hybridized carbons (Fsp3) is 0.833. The number of epoxide rings is 1. The van der Waals surface area contributed by atoms with E-state index in [0.29, 0.717) is 5.57 Å². The van der Waals surface area contributed by atoms with E-state index in [9.17, 15) is 15.3 Å². The van der Waals surface area contributed by atoms with E-state index in [4.69, 9.17) is 15.0 Å². The molecule has 0 radical (unpaired) electrons. The first kappa shape index (κ1) is 15.2. The molecule has 0 amide bonds. The molecule has 2 rings (SSSR count). The van der Waals surface area contributed by atoms with E-state index in [1.54, 1.807) is 27.7 Å². The molecule has 0 saturated carbocycles. The van der Waals surface area contributed by atoms with Gasteiger partial charge in [0.25, 0.3) is 0 Å². The van der Waals surface area contributed by atoms with Gasteiger partial charge >= 0.3 is 0 Å². The molecule has 20 heavy (non-hydrogen) atoms. The van der Waals surface area contributed by atoms with Gasteiger partial charge in [0.05, 0.1) is 0 Å². The van der Waals surface area contributed by atoms with Crippen molar-refractivity contribution in [1.82, 2.24) is 0 Å². The second-order valence-corrected chi connectivity index (χ2v) is 5.82. The summed E-state index contributed by atoms with van der Waals surface area (Å²) in [6.07, 6.45) is -5.31. The van der Waals surface area contributed by atoms with E-state index in [1.165, 1.54) is 0 Å². The molecule has 8 heteroatoms. The van der Waals surface area contributed by atoms with Gasteiger partial charge in [0.2, 0.25) is 5.79 Å². The lowest BCUT2D eigenvalue weighted by molar-refractivity contribution is -0.255.